The lowest BCUT2D eigenvalue weighted by atomic mass is 9.45. The van der Waals surface area contributed by atoms with Gasteiger partial charge in [0.05, 0.1) is 0 Å². The van der Waals surface area contributed by atoms with E-state index in [2.05, 4.69) is 65.9 Å². The first kappa shape index (κ1) is 25.3. The number of carbonyl (C=O) groups is 1. The predicted octanol–water partition coefficient (Wildman–Crippen LogP) is 6.91. The SMILES string of the molecule is CCCCCCC(C)(C)c1cc(O[Si]C)c([C@H]2C=C(C=O)[C@@H]3CC2C3(C)C)c(O[Si]C)c1. The van der Waals surface area contributed by atoms with Crippen LogP contribution in [-0.4, -0.2) is 25.8 Å². The highest BCUT2D eigenvalue weighted by Gasteiger charge is 2.56. The fourth-order valence-corrected chi connectivity index (χ4v) is 6.60. The van der Waals surface area contributed by atoms with Gasteiger partial charge in [0, 0.05) is 11.5 Å². The summed E-state index contributed by atoms with van der Waals surface area (Å²) in [7, 11) is 0.733. The van der Waals surface area contributed by atoms with Crippen LogP contribution < -0.4 is 8.85 Å². The summed E-state index contributed by atoms with van der Waals surface area (Å²) in [4.78, 5) is 11.9. The number of hydrogen-bond acceptors (Lipinski definition) is 3. The quantitative estimate of drug-likeness (QED) is 0.190. The van der Waals surface area contributed by atoms with Crippen LogP contribution in [-0.2, 0) is 10.2 Å². The van der Waals surface area contributed by atoms with Crippen LogP contribution in [0.3, 0.4) is 0 Å². The van der Waals surface area contributed by atoms with Gasteiger partial charge in [-0.3, -0.25) is 4.79 Å². The maximum atomic E-state index is 11.9. The summed E-state index contributed by atoms with van der Waals surface area (Å²) < 4.78 is 12.6. The van der Waals surface area contributed by atoms with Gasteiger partial charge in [-0.25, -0.2) is 0 Å². The van der Waals surface area contributed by atoms with Crippen LogP contribution in [0.1, 0.15) is 90.2 Å². The second kappa shape index (κ2) is 10.3. The zero-order valence-corrected chi connectivity index (χ0v) is 23.0. The van der Waals surface area contributed by atoms with Gasteiger partial charge in [-0.2, -0.15) is 0 Å². The highest BCUT2D eigenvalue weighted by atomic mass is 28.2. The minimum absolute atomic E-state index is 0.0629. The molecular weight excluding hydrogens is 428 g/mol. The van der Waals surface area contributed by atoms with Crippen LogP contribution in [0.25, 0.3) is 0 Å². The van der Waals surface area contributed by atoms with Crippen LogP contribution >= 0.6 is 0 Å². The van der Waals surface area contributed by atoms with Crippen molar-refractivity contribution in [2.24, 2.45) is 17.3 Å². The van der Waals surface area contributed by atoms with Crippen molar-refractivity contribution in [3.8, 4) is 11.5 Å². The highest BCUT2D eigenvalue weighted by Crippen LogP contribution is 2.64. The van der Waals surface area contributed by atoms with Gasteiger partial charge in [-0.05, 0) is 71.9 Å². The molecule has 4 radical (unpaired) electrons. The zero-order chi connectivity index (χ0) is 23.5. The number of rotatable bonds is 12. The van der Waals surface area contributed by atoms with E-state index in [4.69, 9.17) is 8.85 Å². The Morgan fingerprint density at radius 3 is 2.22 bits per heavy atom. The van der Waals surface area contributed by atoms with Gasteiger partial charge in [-0.1, -0.05) is 66.4 Å². The Kier molecular flexibility index (Phi) is 8.13. The molecule has 3 aliphatic rings. The van der Waals surface area contributed by atoms with Crippen molar-refractivity contribution in [2.45, 2.75) is 97.6 Å². The summed E-state index contributed by atoms with van der Waals surface area (Å²) in [5.41, 5.74) is 3.59. The normalized spacial score (nSPS) is 23.8. The summed E-state index contributed by atoms with van der Waals surface area (Å²) in [6.45, 7) is 15.7. The topological polar surface area (TPSA) is 35.5 Å². The van der Waals surface area contributed by atoms with E-state index in [9.17, 15) is 4.79 Å². The van der Waals surface area contributed by atoms with E-state index >= 15 is 0 Å². The summed E-state index contributed by atoms with van der Waals surface area (Å²) in [5.74, 6) is 2.96. The molecule has 0 heterocycles. The number of benzene rings is 1. The van der Waals surface area contributed by atoms with E-state index < -0.39 is 0 Å². The Bertz CT molecular complexity index is 816. The first-order chi connectivity index (χ1) is 15.2. The minimum atomic E-state index is 0.0629. The number of allylic oxidation sites excluding steroid dienone is 2. The van der Waals surface area contributed by atoms with E-state index in [1.807, 2.05) is 0 Å². The Labute approximate surface area is 200 Å². The molecule has 0 amide bonds. The predicted molar refractivity (Wildman–Crippen MR) is 135 cm³/mol. The molecule has 1 aromatic carbocycles. The van der Waals surface area contributed by atoms with Crippen molar-refractivity contribution in [1.82, 2.24) is 0 Å². The standard InChI is InChI=1S/C27H40O3Si2/c1-8-9-10-11-12-26(2,3)19-14-23(29-31-6)25(24(15-19)30-32-7)20-13-18(17-28)21-16-22(20)27(21,4)5/h13-15,17,20-22H,8-12,16H2,1-7H3/t20-,21-,22?/m0/s1. The first-order valence-corrected chi connectivity index (χ1v) is 15.0. The third-order valence-corrected chi connectivity index (χ3v) is 8.83. The molecule has 32 heavy (non-hydrogen) atoms. The molecule has 5 heteroatoms. The second-order valence-corrected chi connectivity index (χ2v) is 11.9. The fraction of sp³-hybridized carbons (Fsp3) is 0.667. The Morgan fingerprint density at radius 2 is 1.72 bits per heavy atom. The first-order valence-electron chi connectivity index (χ1n) is 12.2. The largest absolute Gasteiger partial charge is 0.541 e. The number of fused-ring (bicyclic) bond motifs is 1. The van der Waals surface area contributed by atoms with E-state index in [-0.39, 0.29) is 16.7 Å². The Hall–Kier alpha value is -1.34. The van der Waals surface area contributed by atoms with Crippen molar-refractivity contribution in [3.05, 3.63) is 34.9 Å². The molecule has 1 saturated carbocycles. The van der Waals surface area contributed by atoms with E-state index in [1.165, 1.54) is 31.2 Å². The number of hydrogen-bond donors (Lipinski definition) is 0. The van der Waals surface area contributed by atoms with Crippen molar-refractivity contribution in [3.63, 3.8) is 0 Å². The second-order valence-electron chi connectivity index (χ2n) is 10.7. The maximum Gasteiger partial charge on any atom is 0.307 e. The fourth-order valence-electron chi connectivity index (χ4n) is 5.83. The Balaban J connectivity index is 2.05. The third-order valence-electron chi connectivity index (χ3n) is 7.99. The molecule has 1 aromatic rings. The van der Waals surface area contributed by atoms with E-state index in [0.717, 1.165) is 41.8 Å². The van der Waals surface area contributed by atoms with Gasteiger partial charge in [0.1, 0.15) is 17.8 Å². The average molecular weight is 469 g/mol. The number of aldehydes is 1. The summed E-state index contributed by atoms with van der Waals surface area (Å²) >= 11 is 0. The molecule has 3 aliphatic carbocycles. The van der Waals surface area contributed by atoms with Crippen LogP contribution in [0.2, 0.25) is 13.1 Å². The molecular formula is C27H40O3Si2. The molecule has 3 nitrogen and oxygen atoms in total. The minimum Gasteiger partial charge on any atom is -0.541 e. The molecule has 1 unspecified atom stereocenters. The van der Waals surface area contributed by atoms with Gasteiger partial charge < -0.3 is 8.85 Å². The lowest BCUT2D eigenvalue weighted by Crippen LogP contribution is -2.51. The Morgan fingerprint density at radius 1 is 1.09 bits per heavy atom. The van der Waals surface area contributed by atoms with Crippen molar-refractivity contribution < 1.29 is 13.6 Å². The van der Waals surface area contributed by atoms with E-state index in [0.29, 0.717) is 31.4 Å². The molecule has 1 fully saturated rings. The monoisotopic (exact) mass is 468 g/mol. The van der Waals surface area contributed by atoms with Gasteiger partial charge in [0.15, 0.2) is 0 Å². The third kappa shape index (κ3) is 4.79. The van der Waals surface area contributed by atoms with Gasteiger partial charge in [0.2, 0.25) is 0 Å². The van der Waals surface area contributed by atoms with Crippen molar-refractivity contribution in [1.29, 1.82) is 0 Å². The van der Waals surface area contributed by atoms with Gasteiger partial charge in [0.25, 0.3) is 0 Å². The van der Waals surface area contributed by atoms with Gasteiger partial charge in [-0.15, -0.1) is 0 Å². The molecule has 2 bridgehead atoms. The summed E-state index contributed by atoms with van der Waals surface area (Å²) in [6.07, 6.45) is 10.6. The van der Waals surface area contributed by atoms with Crippen LogP contribution in [0, 0.1) is 17.3 Å². The molecule has 0 aromatic heterocycles. The molecule has 0 N–H and O–H groups in total. The van der Waals surface area contributed by atoms with Crippen LogP contribution in [0.15, 0.2) is 23.8 Å². The van der Waals surface area contributed by atoms with Crippen LogP contribution in [0.4, 0.5) is 0 Å². The molecule has 0 spiro atoms. The maximum absolute atomic E-state index is 11.9. The number of unbranched alkanes of at least 4 members (excludes halogenated alkanes) is 3. The van der Waals surface area contributed by atoms with Crippen molar-refractivity contribution >= 4 is 25.8 Å². The molecule has 174 valence electrons. The lowest BCUT2D eigenvalue weighted by molar-refractivity contribution is -0.108. The molecule has 0 aliphatic heterocycles. The van der Waals surface area contributed by atoms with Crippen molar-refractivity contribution in [2.75, 3.05) is 0 Å². The van der Waals surface area contributed by atoms with E-state index in [1.54, 1.807) is 0 Å². The molecule has 3 atom stereocenters. The smallest absolute Gasteiger partial charge is 0.307 e. The lowest BCUT2D eigenvalue weighted by Gasteiger charge is -2.58. The summed E-state index contributed by atoms with van der Waals surface area (Å²) in [5, 5.41) is 0. The van der Waals surface area contributed by atoms with Gasteiger partial charge >= 0.3 is 19.5 Å². The average Bonchev–Trinajstić information content (AvgIpc) is 2.76. The molecule has 4 rings (SSSR count). The highest BCUT2D eigenvalue weighted by molar-refractivity contribution is 6.26. The summed E-state index contributed by atoms with van der Waals surface area (Å²) in [6, 6.07) is 4.53. The molecule has 0 saturated heterocycles. The van der Waals surface area contributed by atoms with Crippen LogP contribution in [0.5, 0.6) is 11.5 Å². The zero-order valence-electron chi connectivity index (χ0n) is 21.0. The number of carbonyl (C=O) groups excluding carboxylic acids is 1.